The van der Waals surface area contributed by atoms with Crippen molar-refractivity contribution in [3.8, 4) is 6.07 Å². The predicted octanol–water partition coefficient (Wildman–Crippen LogP) is 4.23. The van der Waals surface area contributed by atoms with Crippen LogP contribution in [0.4, 0.5) is 32.0 Å². The molecule has 0 bridgehead atoms. The minimum Gasteiger partial charge on any atom is -0.324 e. The Kier molecular flexibility index (Phi) is 4.73. The van der Waals surface area contributed by atoms with Gasteiger partial charge in [0.2, 0.25) is 5.91 Å². The fourth-order valence-electron chi connectivity index (χ4n) is 1.35. The molecule has 0 unspecified atom stereocenters. The zero-order valence-electron chi connectivity index (χ0n) is 9.86. The van der Waals surface area contributed by atoms with Crippen LogP contribution >= 0.6 is 11.6 Å². The lowest BCUT2D eigenvalue weighted by molar-refractivity contribution is -0.143. The van der Waals surface area contributed by atoms with Crippen molar-refractivity contribution in [1.29, 1.82) is 5.26 Å². The van der Waals surface area contributed by atoms with Gasteiger partial charge in [-0.3, -0.25) is 4.79 Å². The van der Waals surface area contributed by atoms with E-state index in [1.54, 1.807) is 5.32 Å². The molecule has 21 heavy (non-hydrogen) atoms. The number of amides is 1. The second-order valence-corrected chi connectivity index (χ2v) is 4.14. The van der Waals surface area contributed by atoms with E-state index in [1.807, 2.05) is 0 Å². The number of carbonyl (C=O) groups is 1. The summed E-state index contributed by atoms with van der Waals surface area (Å²) in [6.45, 7) is 0. The van der Waals surface area contributed by atoms with Crippen molar-refractivity contribution in [3.63, 3.8) is 0 Å². The molecule has 0 atom stereocenters. The molecule has 1 amide bonds. The molecule has 1 N–H and O–H groups in total. The molecule has 3 nitrogen and oxygen atoms in total. The molecule has 0 saturated heterocycles. The third-order valence-corrected chi connectivity index (χ3v) is 2.63. The van der Waals surface area contributed by atoms with E-state index in [0.717, 1.165) is 0 Å². The van der Waals surface area contributed by atoms with Gasteiger partial charge in [-0.1, -0.05) is 11.6 Å². The quantitative estimate of drug-likeness (QED) is 0.825. The van der Waals surface area contributed by atoms with Gasteiger partial charge in [0.05, 0.1) is 27.9 Å². The highest BCUT2D eigenvalue weighted by Crippen LogP contribution is 2.42. The van der Waals surface area contributed by atoms with E-state index < -0.39 is 46.5 Å². The fraction of sp³-hybridized carbons (Fsp3) is 0.273. The molecule has 0 aliphatic rings. The SMILES string of the molecule is N#CCC(=O)Nc1cc(C(F)(F)F)cc(C(F)(F)F)c1Cl. The Balaban J connectivity index is 3.43. The van der Waals surface area contributed by atoms with Gasteiger partial charge in [-0.2, -0.15) is 31.6 Å². The van der Waals surface area contributed by atoms with E-state index in [0.29, 0.717) is 0 Å². The van der Waals surface area contributed by atoms with Crippen molar-refractivity contribution < 1.29 is 31.1 Å². The van der Waals surface area contributed by atoms with E-state index in [-0.39, 0.29) is 12.1 Å². The number of alkyl halides is 6. The molecule has 114 valence electrons. The highest BCUT2D eigenvalue weighted by Gasteiger charge is 2.39. The topological polar surface area (TPSA) is 52.9 Å². The summed E-state index contributed by atoms with van der Waals surface area (Å²) in [7, 11) is 0. The maximum absolute atomic E-state index is 12.7. The van der Waals surface area contributed by atoms with Crippen LogP contribution in [0.15, 0.2) is 12.1 Å². The second kappa shape index (κ2) is 5.81. The minimum atomic E-state index is -5.13. The Hall–Kier alpha value is -1.95. The van der Waals surface area contributed by atoms with Crippen LogP contribution in [-0.2, 0) is 17.1 Å². The predicted molar refractivity (Wildman–Crippen MR) is 60.3 cm³/mol. The number of hydrogen-bond acceptors (Lipinski definition) is 2. The van der Waals surface area contributed by atoms with E-state index >= 15 is 0 Å². The van der Waals surface area contributed by atoms with Crippen LogP contribution in [0.3, 0.4) is 0 Å². The van der Waals surface area contributed by atoms with Gasteiger partial charge in [0.1, 0.15) is 6.42 Å². The minimum absolute atomic E-state index is 0.151. The van der Waals surface area contributed by atoms with E-state index in [4.69, 9.17) is 16.9 Å². The normalized spacial score (nSPS) is 11.9. The summed E-state index contributed by atoms with van der Waals surface area (Å²) in [5.74, 6) is -1.08. The molecule has 1 aromatic rings. The van der Waals surface area contributed by atoms with Crippen LogP contribution in [0.5, 0.6) is 0 Å². The van der Waals surface area contributed by atoms with Crippen LogP contribution in [-0.4, -0.2) is 5.91 Å². The molecule has 0 aromatic heterocycles. The largest absolute Gasteiger partial charge is 0.417 e. The van der Waals surface area contributed by atoms with Gasteiger partial charge >= 0.3 is 12.4 Å². The van der Waals surface area contributed by atoms with Crippen molar-refractivity contribution in [1.82, 2.24) is 0 Å². The molecule has 0 fully saturated rings. The summed E-state index contributed by atoms with van der Waals surface area (Å²) in [5.41, 5.74) is -4.21. The third-order valence-electron chi connectivity index (χ3n) is 2.22. The Labute approximate surface area is 119 Å². The molecule has 1 aromatic carbocycles. The third kappa shape index (κ3) is 4.26. The van der Waals surface area contributed by atoms with Crippen LogP contribution in [0.1, 0.15) is 17.5 Å². The van der Waals surface area contributed by atoms with Gasteiger partial charge in [0.25, 0.3) is 0 Å². The summed E-state index contributed by atoms with van der Waals surface area (Å²) >= 11 is 5.37. The first kappa shape index (κ1) is 17.1. The zero-order valence-corrected chi connectivity index (χ0v) is 10.6. The van der Waals surface area contributed by atoms with Crippen LogP contribution in [0.2, 0.25) is 5.02 Å². The lowest BCUT2D eigenvalue weighted by Crippen LogP contribution is -2.16. The van der Waals surface area contributed by atoms with Gasteiger partial charge < -0.3 is 5.32 Å². The summed E-state index contributed by atoms with van der Waals surface area (Å²) in [5, 5.41) is 8.91. The maximum Gasteiger partial charge on any atom is 0.417 e. The average Bonchev–Trinajstić information content (AvgIpc) is 2.28. The van der Waals surface area contributed by atoms with Crippen molar-refractivity contribution in [2.45, 2.75) is 18.8 Å². The van der Waals surface area contributed by atoms with Crippen LogP contribution < -0.4 is 5.32 Å². The number of benzene rings is 1. The van der Waals surface area contributed by atoms with Gasteiger partial charge in [-0.15, -0.1) is 0 Å². The number of nitrogens with one attached hydrogen (secondary N) is 1. The van der Waals surface area contributed by atoms with E-state index in [9.17, 15) is 31.1 Å². The van der Waals surface area contributed by atoms with Crippen LogP contribution in [0.25, 0.3) is 0 Å². The number of rotatable bonds is 2. The summed E-state index contributed by atoms with van der Waals surface area (Å²) in [6.07, 6.45) is -10.9. The van der Waals surface area contributed by atoms with E-state index in [1.165, 1.54) is 6.07 Å². The van der Waals surface area contributed by atoms with Gasteiger partial charge in [-0.05, 0) is 12.1 Å². The first-order valence-corrected chi connectivity index (χ1v) is 5.49. The Bertz CT molecular complexity index is 602. The molecule has 1 rings (SSSR count). The van der Waals surface area contributed by atoms with Crippen molar-refractivity contribution in [2.75, 3.05) is 5.32 Å². The highest BCUT2D eigenvalue weighted by atomic mass is 35.5. The maximum atomic E-state index is 12.7. The van der Waals surface area contributed by atoms with Crippen molar-refractivity contribution in [3.05, 3.63) is 28.3 Å². The molecular weight excluding hydrogens is 326 g/mol. The van der Waals surface area contributed by atoms with Crippen molar-refractivity contribution in [2.24, 2.45) is 0 Å². The summed E-state index contributed by atoms with van der Waals surface area (Å²) in [4.78, 5) is 11.1. The summed E-state index contributed by atoms with van der Waals surface area (Å²) in [6, 6.07) is 1.52. The lowest BCUT2D eigenvalue weighted by Gasteiger charge is -2.16. The Morgan fingerprint density at radius 3 is 2.19 bits per heavy atom. The monoisotopic (exact) mass is 330 g/mol. The van der Waals surface area contributed by atoms with E-state index in [2.05, 4.69) is 0 Å². The van der Waals surface area contributed by atoms with Gasteiger partial charge in [0.15, 0.2) is 0 Å². The number of hydrogen-bond donors (Lipinski definition) is 1. The fourth-order valence-corrected chi connectivity index (χ4v) is 1.62. The molecular formula is C11H5ClF6N2O. The van der Waals surface area contributed by atoms with Gasteiger partial charge in [0, 0.05) is 0 Å². The highest BCUT2D eigenvalue weighted by molar-refractivity contribution is 6.34. The zero-order chi connectivity index (χ0) is 16.4. The molecule has 0 spiro atoms. The second-order valence-electron chi connectivity index (χ2n) is 3.76. The number of carbonyl (C=O) groups excluding carboxylic acids is 1. The molecule has 0 aliphatic carbocycles. The first-order valence-electron chi connectivity index (χ1n) is 5.11. The number of anilines is 1. The average molecular weight is 331 g/mol. The van der Waals surface area contributed by atoms with Crippen molar-refractivity contribution >= 4 is 23.2 Å². The molecule has 0 aliphatic heterocycles. The van der Waals surface area contributed by atoms with Gasteiger partial charge in [-0.25, -0.2) is 0 Å². The Morgan fingerprint density at radius 2 is 1.76 bits per heavy atom. The molecule has 0 radical (unpaired) electrons. The number of nitrogens with zero attached hydrogens (tertiary/aromatic N) is 1. The molecule has 0 heterocycles. The first-order chi connectivity index (χ1) is 9.46. The lowest BCUT2D eigenvalue weighted by atomic mass is 10.1. The smallest absolute Gasteiger partial charge is 0.324 e. The molecule has 0 saturated carbocycles. The number of halogens is 7. The molecule has 10 heteroatoms. The number of nitriles is 1. The summed E-state index contributed by atoms with van der Waals surface area (Å²) < 4.78 is 75.7. The standard InChI is InChI=1S/C11H5ClF6N2O/c12-9-6(11(16,17)18)3-5(10(13,14)15)4-7(9)20-8(21)1-2-19/h3-4H,1H2,(H,20,21). The van der Waals surface area contributed by atoms with Crippen LogP contribution in [0, 0.1) is 11.3 Å². The Morgan fingerprint density at radius 1 is 1.19 bits per heavy atom.